The average molecular weight is 1050 g/mol. The molecule has 0 radical (unpaired) electrons. The lowest BCUT2D eigenvalue weighted by atomic mass is 10.3. The summed E-state index contributed by atoms with van der Waals surface area (Å²) in [6.07, 6.45) is 7.05. The number of sulfonamides is 1. The summed E-state index contributed by atoms with van der Waals surface area (Å²) in [5.41, 5.74) is 23.2. The van der Waals surface area contributed by atoms with Gasteiger partial charge in [-0.2, -0.15) is 4.31 Å². The maximum absolute atomic E-state index is 12.5. The summed E-state index contributed by atoms with van der Waals surface area (Å²) in [7, 11) is -1.94. The number of nitrogens with two attached hydrogens (primary N) is 4. The summed E-state index contributed by atoms with van der Waals surface area (Å²) in [5.74, 6) is -1.87. The van der Waals surface area contributed by atoms with E-state index in [0.29, 0.717) is 52.6 Å². The van der Waals surface area contributed by atoms with Crippen LogP contribution in [-0.2, 0) is 14.8 Å². The Hall–Kier alpha value is -7.49. The summed E-state index contributed by atoms with van der Waals surface area (Å²) in [6.45, 7) is 3.31. The molecule has 0 aliphatic carbocycles. The number of ether oxygens (including phenoxy) is 1. The monoisotopic (exact) mass is 1050 g/mol. The van der Waals surface area contributed by atoms with Crippen LogP contribution in [0.2, 0.25) is 0 Å². The van der Waals surface area contributed by atoms with Crippen LogP contribution in [-0.4, -0.2) is 120 Å². The number of aromatic carboxylic acids is 1. The number of aromatic nitrogens is 8. The van der Waals surface area contributed by atoms with Crippen LogP contribution >= 0.6 is 31.9 Å². The van der Waals surface area contributed by atoms with Crippen LogP contribution in [0.15, 0.2) is 101 Å². The first-order valence-corrected chi connectivity index (χ1v) is 22.2. The van der Waals surface area contributed by atoms with Gasteiger partial charge in [-0.05, 0) is 63.0 Å². The molecule has 1 fully saturated rings. The second-order valence-electron chi connectivity index (χ2n) is 12.8. The van der Waals surface area contributed by atoms with Gasteiger partial charge in [-0.15, -0.1) is 0 Å². The number of esters is 1. The Kier molecular flexibility index (Phi) is 19.0. The Morgan fingerprint density at radius 3 is 1.55 bits per heavy atom. The van der Waals surface area contributed by atoms with Crippen molar-refractivity contribution in [1.29, 1.82) is 0 Å². The first-order chi connectivity index (χ1) is 31.4. The molecule has 7 rings (SSSR count). The molecule has 0 atom stereocenters. The van der Waals surface area contributed by atoms with Crippen LogP contribution in [0.25, 0.3) is 0 Å². The number of hydrogen-bond donors (Lipinski definition) is 7. The number of rotatable bonds is 9. The van der Waals surface area contributed by atoms with Gasteiger partial charge in [0.15, 0.2) is 46.0 Å². The number of piperazine rings is 1. The van der Waals surface area contributed by atoms with Crippen molar-refractivity contribution in [2.75, 3.05) is 77.5 Å². The summed E-state index contributed by atoms with van der Waals surface area (Å²) in [6, 6.07) is 18.1. The Bertz CT molecular complexity index is 2740. The number of para-hydroxylation sites is 2. The number of nitrogens with one attached hydrogen (secondary N) is 2. The number of anilines is 7. The molecule has 0 saturated carbocycles. The molecule has 24 nitrogen and oxygen atoms in total. The van der Waals surface area contributed by atoms with Crippen molar-refractivity contribution in [1.82, 2.24) is 44.2 Å². The molecule has 1 saturated heterocycles. The fourth-order valence-corrected chi connectivity index (χ4v) is 6.84. The van der Waals surface area contributed by atoms with Crippen LogP contribution in [0.5, 0.6) is 0 Å². The SMILES string of the molecule is CCS(=O)(=O)N1CCN(c2cnc(N)c(C(=O)Nc3ccccc3)n2)CC1.COC(=O)c1nccnc1N.Nc1ncc(Br)nc1C(=O)Nc1ccccc1.Nc1ncc(Br)nc1C(=O)O. The molecule has 2 amide bonds. The standard InChI is InChI=1S/C17H22N6O3S.C11H9BrN4O.C6H7N3O2.C5H4BrN3O2/c1-2-27(25,26)23-10-8-22(9-11-23)14-12-19-16(18)15(21-14)17(24)20-13-6-4-3-5-7-13;12-8-6-14-10(13)9(16-8)11(17)15-7-4-2-1-3-5-7;1-11-6(10)4-5(7)9-3-2-8-4;6-2-1-8-4(7)3(9-2)5(10)11/h3-7,12H,2,8-11H2,1H3,(H2,18,19)(H,20,24);1-6H,(H2,13,14)(H,15,17);2-3H,1H3,(H2,7,9);1H,(H2,7,8)(H,10,11). The summed E-state index contributed by atoms with van der Waals surface area (Å²) >= 11 is 6.11. The number of nitrogen functional groups attached to an aromatic ring is 4. The van der Waals surface area contributed by atoms with E-state index in [0.717, 1.165) is 0 Å². The van der Waals surface area contributed by atoms with E-state index in [2.05, 4.69) is 87.1 Å². The summed E-state index contributed by atoms with van der Waals surface area (Å²) in [5, 5.41) is 13.9. The van der Waals surface area contributed by atoms with E-state index < -0.39 is 27.9 Å². The van der Waals surface area contributed by atoms with Gasteiger partial charge in [0.25, 0.3) is 11.8 Å². The van der Waals surface area contributed by atoms with Crippen molar-refractivity contribution in [3.8, 4) is 0 Å². The first-order valence-electron chi connectivity index (χ1n) is 19.0. The number of methoxy groups -OCH3 is 1. The second-order valence-corrected chi connectivity index (χ2v) is 16.7. The quantitative estimate of drug-likeness (QED) is 0.102. The highest BCUT2D eigenvalue weighted by molar-refractivity contribution is 9.10. The van der Waals surface area contributed by atoms with Gasteiger partial charge in [0.2, 0.25) is 10.0 Å². The molecule has 4 aromatic heterocycles. The highest BCUT2D eigenvalue weighted by Crippen LogP contribution is 2.19. The molecule has 0 bridgehead atoms. The van der Waals surface area contributed by atoms with Crippen molar-refractivity contribution in [2.24, 2.45) is 0 Å². The minimum atomic E-state index is -3.20. The smallest absolute Gasteiger partial charge is 0.360 e. The number of benzene rings is 2. The van der Waals surface area contributed by atoms with Gasteiger partial charge in [0.1, 0.15) is 15.0 Å². The van der Waals surface area contributed by atoms with E-state index in [1.807, 2.05) is 41.3 Å². The maximum Gasteiger partial charge on any atom is 0.360 e. The predicted octanol–water partition coefficient (Wildman–Crippen LogP) is 3.22. The normalized spacial score (nSPS) is 12.0. The third-order valence-corrected chi connectivity index (χ3v) is 11.1. The highest BCUT2D eigenvalue weighted by atomic mass is 79.9. The van der Waals surface area contributed by atoms with Gasteiger partial charge in [-0.25, -0.2) is 57.9 Å². The summed E-state index contributed by atoms with van der Waals surface area (Å²) < 4.78 is 30.6. The van der Waals surface area contributed by atoms with E-state index in [-0.39, 0.29) is 57.7 Å². The van der Waals surface area contributed by atoms with Crippen LogP contribution in [0, 0.1) is 0 Å². The lowest BCUT2D eigenvalue weighted by Gasteiger charge is -2.34. The molecule has 11 N–H and O–H groups in total. The Morgan fingerprint density at radius 2 is 1.09 bits per heavy atom. The molecular weight excluding hydrogens is 1010 g/mol. The van der Waals surface area contributed by atoms with Crippen LogP contribution in [0.4, 0.5) is 40.5 Å². The number of amides is 2. The Labute approximate surface area is 394 Å². The van der Waals surface area contributed by atoms with Crippen molar-refractivity contribution in [3.05, 3.63) is 124 Å². The number of carboxylic acids is 1. The minimum absolute atomic E-state index is 0.0411. The number of halogens is 2. The molecule has 2 aromatic carbocycles. The van der Waals surface area contributed by atoms with Gasteiger partial charge in [0, 0.05) is 49.9 Å². The van der Waals surface area contributed by atoms with Gasteiger partial charge in [-0.3, -0.25) is 9.59 Å². The van der Waals surface area contributed by atoms with Crippen molar-refractivity contribution in [2.45, 2.75) is 6.92 Å². The Morgan fingerprint density at radius 1 is 0.652 bits per heavy atom. The molecule has 0 spiro atoms. The van der Waals surface area contributed by atoms with E-state index in [4.69, 9.17) is 28.0 Å². The minimum Gasteiger partial charge on any atom is -0.476 e. The average Bonchev–Trinajstić information content (AvgIpc) is 3.32. The third kappa shape index (κ3) is 15.1. The number of carbonyl (C=O) groups is 4. The first kappa shape index (κ1) is 51.1. The Balaban J connectivity index is 0.000000209. The molecule has 0 unspecified atom stereocenters. The largest absolute Gasteiger partial charge is 0.476 e. The zero-order valence-corrected chi connectivity index (χ0v) is 38.9. The van der Waals surface area contributed by atoms with Crippen LogP contribution in [0.1, 0.15) is 48.9 Å². The van der Waals surface area contributed by atoms with Crippen molar-refractivity contribution < 1.29 is 37.4 Å². The van der Waals surface area contributed by atoms with E-state index in [1.54, 1.807) is 31.2 Å². The molecule has 27 heteroatoms. The van der Waals surface area contributed by atoms with E-state index >= 15 is 0 Å². The van der Waals surface area contributed by atoms with Crippen molar-refractivity contribution in [3.63, 3.8) is 0 Å². The molecule has 1 aliphatic rings. The van der Waals surface area contributed by atoms with Gasteiger partial charge < -0.3 is 48.3 Å². The highest BCUT2D eigenvalue weighted by Gasteiger charge is 2.27. The summed E-state index contributed by atoms with van der Waals surface area (Å²) in [4.78, 5) is 78.3. The van der Waals surface area contributed by atoms with Crippen LogP contribution in [0.3, 0.4) is 0 Å². The van der Waals surface area contributed by atoms with E-state index in [9.17, 15) is 27.6 Å². The topological polar surface area (TPSA) is 370 Å². The molecule has 66 heavy (non-hydrogen) atoms. The zero-order chi connectivity index (χ0) is 48.4. The molecule has 346 valence electrons. The molecule has 6 aromatic rings. The van der Waals surface area contributed by atoms with E-state index in [1.165, 1.54) is 42.4 Å². The fourth-order valence-electron chi connectivity index (χ4n) is 5.19. The maximum atomic E-state index is 12.5. The van der Waals surface area contributed by atoms with Crippen LogP contribution < -0.4 is 38.5 Å². The van der Waals surface area contributed by atoms with Gasteiger partial charge in [-0.1, -0.05) is 36.4 Å². The van der Waals surface area contributed by atoms with Crippen molar-refractivity contribution >= 4 is 106 Å². The lowest BCUT2D eigenvalue weighted by Crippen LogP contribution is -2.49. The zero-order valence-electron chi connectivity index (χ0n) is 34.9. The molecule has 1 aliphatic heterocycles. The third-order valence-electron chi connectivity index (χ3n) is 8.45. The van der Waals surface area contributed by atoms with Gasteiger partial charge >= 0.3 is 11.9 Å². The second kappa shape index (κ2) is 24.5. The lowest BCUT2D eigenvalue weighted by molar-refractivity contribution is 0.0593. The fraction of sp³-hybridized carbons (Fsp3) is 0.179. The number of hydrogen-bond acceptors (Lipinski definition) is 20. The predicted molar refractivity (Wildman–Crippen MR) is 252 cm³/mol. The molecule has 5 heterocycles. The number of carbonyl (C=O) groups excluding carboxylic acids is 3. The number of nitrogens with zero attached hydrogens (tertiary/aromatic N) is 10. The number of carboxylic acid groups (broad SMARTS) is 1. The molecular formula is C39H42Br2N16O8S. The van der Waals surface area contributed by atoms with Gasteiger partial charge in [0.05, 0.1) is 31.5 Å².